The Labute approximate surface area is 197 Å². The summed E-state index contributed by atoms with van der Waals surface area (Å²) in [6, 6.07) is 8.28. The van der Waals surface area contributed by atoms with Crippen LogP contribution in [0.3, 0.4) is 0 Å². The molecular weight excluding hydrogens is 485 g/mol. The number of thioether (sulfide) groups is 1. The fourth-order valence-corrected chi connectivity index (χ4v) is 4.69. The zero-order chi connectivity index (χ0) is 22.6. The molecule has 0 aliphatic carbocycles. The molecule has 0 amide bonds. The molecule has 0 atom stereocenters. The lowest BCUT2D eigenvalue weighted by molar-refractivity contribution is -0.139. The Morgan fingerprint density at radius 3 is 2.34 bits per heavy atom. The van der Waals surface area contributed by atoms with Crippen LogP contribution in [0.1, 0.15) is 25.1 Å². The monoisotopic (exact) mass is 504 g/mol. The first kappa shape index (κ1) is 26.0. The normalized spacial score (nSPS) is 11.7. The fraction of sp³-hybridized carbons (Fsp3) is 0.286. The molecule has 172 valence electrons. The quantitative estimate of drug-likeness (QED) is 0.367. The number of thiazole rings is 1. The van der Waals surface area contributed by atoms with Crippen LogP contribution in [-0.2, 0) is 17.4 Å². The van der Waals surface area contributed by atoms with E-state index in [1.165, 1.54) is 35.2 Å². The molecule has 5 nitrogen and oxygen atoms in total. The minimum atomic E-state index is -4.36. The molecule has 0 saturated heterocycles. The van der Waals surface area contributed by atoms with Crippen LogP contribution in [-0.4, -0.2) is 32.4 Å². The molecule has 11 heteroatoms. The number of ether oxygens (including phenoxy) is 1. The number of carbonyl (C=O) groups is 1. The zero-order valence-corrected chi connectivity index (χ0v) is 19.5. The molecule has 2 aromatic heterocycles. The molecule has 32 heavy (non-hydrogen) atoms. The van der Waals surface area contributed by atoms with E-state index in [1.54, 1.807) is 32.2 Å². The van der Waals surface area contributed by atoms with Gasteiger partial charge in [0, 0.05) is 29.6 Å². The summed E-state index contributed by atoms with van der Waals surface area (Å²) in [7, 11) is 0. The average molecular weight is 505 g/mol. The molecule has 0 aliphatic heterocycles. The van der Waals surface area contributed by atoms with Gasteiger partial charge in [0.2, 0.25) is 5.88 Å². The summed E-state index contributed by atoms with van der Waals surface area (Å²) in [6.45, 7) is 3.59. The van der Waals surface area contributed by atoms with Crippen LogP contribution in [0.4, 0.5) is 13.2 Å². The van der Waals surface area contributed by atoms with Crippen molar-refractivity contribution >= 4 is 41.5 Å². The van der Waals surface area contributed by atoms with E-state index < -0.39 is 22.5 Å². The smallest absolute Gasteiger partial charge is 0.416 e. The highest BCUT2D eigenvalue weighted by molar-refractivity contribution is 8.02. The summed E-state index contributed by atoms with van der Waals surface area (Å²) >= 11 is 2.59. The van der Waals surface area contributed by atoms with Crippen molar-refractivity contribution in [1.29, 1.82) is 0 Å². The Bertz CT molecular complexity index is 1040. The van der Waals surface area contributed by atoms with Gasteiger partial charge in [-0.05, 0) is 37.6 Å². The first-order chi connectivity index (χ1) is 14.5. The van der Waals surface area contributed by atoms with E-state index in [-0.39, 0.29) is 12.4 Å². The van der Waals surface area contributed by atoms with Crippen LogP contribution < -0.4 is 4.74 Å². The van der Waals surface area contributed by atoms with Crippen LogP contribution in [0.15, 0.2) is 52.3 Å². The highest BCUT2D eigenvalue weighted by Crippen LogP contribution is 2.35. The van der Waals surface area contributed by atoms with E-state index >= 15 is 0 Å². The topological polar surface area (TPSA) is 72.3 Å². The van der Waals surface area contributed by atoms with Gasteiger partial charge in [0.25, 0.3) is 0 Å². The number of hydrogen-bond donors (Lipinski definition) is 1. The standard InChI is InChI=1S/C21H19F3N2O3S2.ClH/c1-20(2,18(27)28)31-19-26-16(12-30-19)9-10-29-17-8-5-14(11-25-17)13-3-6-15(7-4-13)21(22,23)24;/h3-8,11-12H,9-10H2,1-2H3,(H,27,28);1H. The third-order valence-corrected chi connectivity index (χ3v) is 6.45. The Kier molecular flexibility index (Phi) is 8.55. The summed E-state index contributed by atoms with van der Waals surface area (Å²) in [5, 5.41) is 11.1. The van der Waals surface area contributed by atoms with Crippen molar-refractivity contribution in [3.63, 3.8) is 0 Å². The lowest BCUT2D eigenvalue weighted by Crippen LogP contribution is -2.26. The largest absolute Gasteiger partial charge is 0.480 e. The van der Waals surface area contributed by atoms with Gasteiger partial charge in [-0.1, -0.05) is 23.9 Å². The van der Waals surface area contributed by atoms with Gasteiger partial charge in [-0.2, -0.15) is 13.2 Å². The number of alkyl halides is 3. The summed E-state index contributed by atoms with van der Waals surface area (Å²) < 4.78 is 43.3. The zero-order valence-electron chi connectivity index (χ0n) is 17.0. The molecule has 0 unspecified atom stereocenters. The van der Waals surface area contributed by atoms with Gasteiger partial charge in [0.1, 0.15) is 4.75 Å². The van der Waals surface area contributed by atoms with Gasteiger partial charge < -0.3 is 9.84 Å². The number of halogens is 4. The Balaban J connectivity index is 0.00000363. The van der Waals surface area contributed by atoms with Crippen molar-refractivity contribution < 1.29 is 27.8 Å². The number of aromatic nitrogens is 2. The third kappa shape index (κ3) is 6.85. The Hall–Kier alpha value is -2.30. The number of nitrogens with zero attached hydrogens (tertiary/aromatic N) is 2. The summed E-state index contributed by atoms with van der Waals surface area (Å²) in [6.07, 6.45) is -2.28. The number of benzene rings is 1. The average Bonchev–Trinajstić information content (AvgIpc) is 3.14. The number of hydrogen-bond acceptors (Lipinski definition) is 6. The molecule has 2 heterocycles. The lowest BCUT2D eigenvalue weighted by atomic mass is 10.1. The van der Waals surface area contributed by atoms with E-state index in [9.17, 15) is 23.1 Å². The molecule has 0 fully saturated rings. The first-order valence-corrected chi connectivity index (χ1v) is 10.9. The molecule has 0 radical (unpaired) electrons. The van der Waals surface area contributed by atoms with Crippen LogP contribution >= 0.6 is 35.5 Å². The molecule has 0 bridgehead atoms. The fourth-order valence-electron chi connectivity index (χ4n) is 2.46. The third-order valence-electron chi connectivity index (χ3n) is 4.28. The van der Waals surface area contributed by atoms with Gasteiger partial charge in [-0.25, -0.2) is 9.97 Å². The maximum Gasteiger partial charge on any atom is 0.416 e. The molecular formula is C21H20ClF3N2O3S2. The number of rotatable bonds is 8. The number of aliphatic carboxylic acids is 1. The van der Waals surface area contributed by atoms with Crippen LogP contribution in [0, 0.1) is 0 Å². The minimum Gasteiger partial charge on any atom is -0.480 e. The molecule has 0 saturated carbocycles. The van der Waals surface area contributed by atoms with Gasteiger partial charge in [-0.3, -0.25) is 4.79 Å². The van der Waals surface area contributed by atoms with Gasteiger partial charge in [-0.15, -0.1) is 23.7 Å². The predicted molar refractivity (Wildman–Crippen MR) is 121 cm³/mol. The molecule has 3 rings (SSSR count). The van der Waals surface area contributed by atoms with Crippen molar-refractivity contribution in [2.24, 2.45) is 0 Å². The molecule has 1 aromatic carbocycles. The number of carboxylic acid groups (broad SMARTS) is 1. The second-order valence-electron chi connectivity index (χ2n) is 7.08. The van der Waals surface area contributed by atoms with E-state index in [2.05, 4.69) is 9.97 Å². The Morgan fingerprint density at radius 1 is 1.12 bits per heavy atom. The maximum atomic E-state index is 12.7. The predicted octanol–water partition coefficient (Wildman–Crippen LogP) is 6.22. The summed E-state index contributed by atoms with van der Waals surface area (Å²) in [4.78, 5) is 19.8. The van der Waals surface area contributed by atoms with Gasteiger partial charge in [0.15, 0.2) is 4.34 Å². The van der Waals surface area contributed by atoms with E-state index in [0.29, 0.717) is 34.4 Å². The van der Waals surface area contributed by atoms with Crippen LogP contribution in [0.5, 0.6) is 5.88 Å². The first-order valence-electron chi connectivity index (χ1n) is 9.18. The molecule has 0 aliphatic rings. The number of carboxylic acids is 1. The van der Waals surface area contributed by atoms with Crippen molar-refractivity contribution in [2.75, 3.05) is 6.61 Å². The highest BCUT2D eigenvalue weighted by atomic mass is 35.5. The summed E-state index contributed by atoms with van der Waals surface area (Å²) in [5.74, 6) is -0.504. The van der Waals surface area contributed by atoms with Crippen LogP contribution in [0.25, 0.3) is 11.1 Å². The van der Waals surface area contributed by atoms with Gasteiger partial charge in [0.05, 0.1) is 17.9 Å². The van der Waals surface area contributed by atoms with E-state index in [0.717, 1.165) is 17.8 Å². The highest BCUT2D eigenvalue weighted by Gasteiger charge is 2.30. The second kappa shape index (κ2) is 10.5. The lowest BCUT2D eigenvalue weighted by Gasteiger charge is -2.15. The van der Waals surface area contributed by atoms with Gasteiger partial charge >= 0.3 is 12.1 Å². The number of pyridine rings is 1. The Morgan fingerprint density at radius 2 is 1.78 bits per heavy atom. The minimum absolute atomic E-state index is 0. The summed E-state index contributed by atoms with van der Waals surface area (Å²) in [5.41, 5.74) is 1.42. The SMILES string of the molecule is CC(C)(Sc1nc(CCOc2ccc(-c3ccc(C(F)(F)F)cc3)cn2)cs1)C(=O)O.Cl. The second-order valence-corrected chi connectivity index (χ2v) is 9.81. The molecule has 3 aromatic rings. The van der Waals surface area contributed by atoms with Crippen molar-refractivity contribution in [1.82, 2.24) is 9.97 Å². The van der Waals surface area contributed by atoms with Crippen molar-refractivity contribution in [3.8, 4) is 17.0 Å². The van der Waals surface area contributed by atoms with Crippen molar-refractivity contribution in [2.45, 2.75) is 35.5 Å². The van der Waals surface area contributed by atoms with Crippen molar-refractivity contribution in [3.05, 3.63) is 59.2 Å². The van der Waals surface area contributed by atoms with E-state index in [4.69, 9.17) is 4.74 Å². The molecule has 0 spiro atoms. The van der Waals surface area contributed by atoms with E-state index in [1.807, 2.05) is 5.38 Å². The maximum absolute atomic E-state index is 12.7. The molecule has 1 N–H and O–H groups in total. The van der Waals surface area contributed by atoms with Crippen LogP contribution in [0.2, 0.25) is 0 Å².